The van der Waals surface area contributed by atoms with Crippen LogP contribution in [0.5, 0.6) is 0 Å². The summed E-state index contributed by atoms with van der Waals surface area (Å²) in [5, 5.41) is 6.57. The van der Waals surface area contributed by atoms with Crippen molar-refractivity contribution in [1.82, 2.24) is 9.97 Å². The van der Waals surface area contributed by atoms with E-state index in [1.807, 2.05) is 6.07 Å². The Kier molecular flexibility index (Phi) is 4.14. The van der Waals surface area contributed by atoms with Crippen molar-refractivity contribution < 1.29 is 4.74 Å². The Morgan fingerprint density at radius 2 is 2.29 bits per heavy atom. The molecule has 0 aliphatic heterocycles. The number of nitrogens with zero attached hydrogens (tertiary/aromatic N) is 2. The maximum Gasteiger partial charge on any atom is 0.224 e. The Morgan fingerprint density at radius 1 is 1.47 bits per heavy atom. The van der Waals surface area contributed by atoms with Crippen LogP contribution in [0, 0.1) is 0 Å². The second-order valence-corrected chi connectivity index (χ2v) is 4.36. The molecule has 5 heteroatoms. The van der Waals surface area contributed by atoms with Crippen molar-refractivity contribution >= 4 is 11.8 Å². The largest absolute Gasteiger partial charge is 0.381 e. The van der Waals surface area contributed by atoms with Crippen molar-refractivity contribution in [3.8, 4) is 0 Å². The molecule has 1 aliphatic rings. The molecule has 94 valence electrons. The first-order valence-corrected chi connectivity index (χ1v) is 6.18. The molecule has 1 aliphatic carbocycles. The lowest BCUT2D eigenvalue weighted by molar-refractivity contribution is 0.0328. The predicted molar refractivity (Wildman–Crippen MR) is 68.3 cm³/mol. The average molecular weight is 236 g/mol. The topological polar surface area (TPSA) is 59.1 Å². The SMILES string of the molecule is CCCNc1nccc(NC2CC(OC)C2)n1. The van der Waals surface area contributed by atoms with Crippen molar-refractivity contribution in [3.63, 3.8) is 0 Å². The number of hydrogen-bond acceptors (Lipinski definition) is 5. The summed E-state index contributed by atoms with van der Waals surface area (Å²) in [6, 6.07) is 2.38. The van der Waals surface area contributed by atoms with Crippen LogP contribution in [0.4, 0.5) is 11.8 Å². The van der Waals surface area contributed by atoms with E-state index in [1.54, 1.807) is 13.3 Å². The first-order chi connectivity index (χ1) is 8.31. The van der Waals surface area contributed by atoms with E-state index in [9.17, 15) is 0 Å². The highest BCUT2D eigenvalue weighted by molar-refractivity contribution is 5.40. The normalized spacial score (nSPS) is 22.9. The monoisotopic (exact) mass is 236 g/mol. The summed E-state index contributed by atoms with van der Waals surface area (Å²) in [7, 11) is 1.76. The Bertz CT molecular complexity index is 352. The molecule has 0 amide bonds. The molecule has 17 heavy (non-hydrogen) atoms. The number of hydrogen-bond donors (Lipinski definition) is 2. The number of nitrogens with one attached hydrogen (secondary N) is 2. The van der Waals surface area contributed by atoms with Gasteiger partial charge in [-0.2, -0.15) is 4.98 Å². The second kappa shape index (κ2) is 5.82. The Hall–Kier alpha value is -1.36. The van der Waals surface area contributed by atoms with Crippen molar-refractivity contribution in [3.05, 3.63) is 12.3 Å². The highest BCUT2D eigenvalue weighted by Crippen LogP contribution is 2.25. The minimum absolute atomic E-state index is 0.409. The maximum absolute atomic E-state index is 5.25. The third-order valence-corrected chi connectivity index (χ3v) is 2.97. The van der Waals surface area contributed by atoms with Gasteiger partial charge in [0.25, 0.3) is 0 Å². The minimum atomic E-state index is 0.409. The molecule has 0 bridgehead atoms. The molecule has 0 spiro atoms. The number of rotatable bonds is 6. The van der Waals surface area contributed by atoms with Gasteiger partial charge in [0.05, 0.1) is 6.10 Å². The van der Waals surface area contributed by atoms with Gasteiger partial charge in [0.1, 0.15) is 5.82 Å². The van der Waals surface area contributed by atoms with Crippen molar-refractivity contribution in [2.24, 2.45) is 0 Å². The molecule has 1 aromatic heterocycles. The molecule has 1 aromatic rings. The van der Waals surface area contributed by atoms with Crippen LogP contribution < -0.4 is 10.6 Å². The molecule has 0 saturated heterocycles. The van der Waals surface area contributed by atoms with Gasteiger partial charge in [-0.15, -0.1) is 0 Å². The van der Waals surface area contributed by atoms with E-state index in [4.69, 9.17) is 4.74 Å². The molecule has 1 saturated carbocycles. The standard InChI is InChI=1S/C12H20N4O/c1-3-5-13-12-14-6-4-11(16-12)15-9-7-10(8-9)17-2/h4,6,9-10H,3,5,7-8H2,1-2H3,(H2,13,14,15,16). The molecule has 0 atom stereocenters. The van der Waals surface area contributed by atoms with E-state index in [-0.39, 0.29) is 0 Å². The lowest BCUT2D eigenvalue weighted by Crippen LogP contribution is -2.40. The van der Waals surface area contributed by atoms with Crippen LogP contribution in [0.15, 0.2) is 12.3 Å². The highest BCUT2D eigenvalue weighted by atomic mass is 16.5. The fourth-order valence-electron chi connectivity index (χ4n) is 1.85. The molecule has 0 radical (unpaired) electrons. The number of ether oxygens (including phenoxy) is 1. The first-order valence-electron chi connectivity index (χ1n) is 6.18. The molecule has 1 fully saturated rings. The minimum Gasteiger partial charge on any atom is -0.381 e. The van der Waals surface area contributed by atoms with Gasteiger partial charge < -0.3 is 15.4 Å². The molecule has 5 nitrogen and oxygen atoms in total. The summed E-state index contributed by atoms with van der Waals surface area (Å²) < 4.78 is 5.25. The Balaban J connectivity index is 1.84. The summed E-state index contributed by atoms with van der Waals surface area (Å²) in [6.07, 6.45) is 5.36. The number of methoxy groups -OCH3 is 1. The van der Waals surface area contributed by atoms with Crippen molar-refractivity contribution in [1.29, 1.82) is 0 Å². The van der Waals surface area contributed by atoms with Crippen LogP contribution in [0.1, 0.15) is 26.2 Å². The molecule has 0 unspecified atom stereocenters. The lowest BCUT2D eigenvalue weighted by Gasteiger charge is -2.34. The molecular weight excluding hydrogens is 216 g/mol. The third-order valence-electron chi connectivity index (χ3n) is 2.97. The fraction of sp³-hybridized carbons (Fsp3) is 0.667. The summed E-state index contributed by atoms with van der Waals surface area (Å²) >= 11 is 0. The van der Waals surface area contributed by atoms with E-state index in [1.165, 1.54) is 0 Å². The summed E-state index contributed by atoms with van der Waals surface area (Å²) in [4.78, 5) is 8.58. The van der Waals surface area contributed by atoms with E-state index >= 15 is 0 Å². The zero-order valence-electron chi connectivity index (χ0n) is 10.4. The van der Waals surface area contributed by atoms with Crippen molar-refractivity contribution in [2.75, 3.05) is 24.3 Å². The van der Waals surface area contributed by atoms with Gasteiger partial charge in [-0.3, -0.25) is 0 Å². The van der Waals surface area contributed by atoms with Crippen LogP contribution in [-0.2, 0) is 4.74 Å². The van der Waals surface area contributed by atoms with E-state index < -0.39 is 0 Å². The Morgan fingerprint density at radius 3 is 3.00 bits per heavy atom. The van der Waals surface area contributed by atoms with Crippen LogP contribution in [0.25, 0.3) is 0 Å². The second-order valence-electron chi connectivity index (χ2n) is 4.36. The third kappa shape index (κ3) is 3.30. The molecule has 2 rings (SSSR count). The van der Waals surface area contributed by atoms with Gasteiger partial charge in [-0.1, -0.05) is 6.92 Å². The van der Waals surface area contributed by atoms with E-state index in [0.717, 1.165) is 31.6 Å². The molecule has 0 aromatic carbocycles. The van der Waals surface area contributed by atoms with E-state index in [0.29, 0.717) is 18.1 Å². The van der Waals surface area contributed by atoms with Crippen molar-refractivity contribution in [2.45, 2.75) is 38.3 Å². The van der Waals surface area contributed by atoms with Gasteiger partial charge in [0.15, 0.2) is 0 Å². The molecular formula is C12H20N4O. The zero-order valence-corrected chi connectivity index (χ0v) is 10.4. The first kappa shape index (κ1) is 12.1. The summed E-state index contributed by atoms with van der Waals surface area (Å²) in [5.74, 6) is 1.58. The van der Waals surface area contributed by atoms with Crippen LogP contribution in [0.3, 0.4) is 0 Å². The van der Waals surface area contributed by atoms with Gasteiger partial charge in [0.2, 0.25) is 5.95 Å². The highest BCUT2D eigenvalue weighted by Gasteiger charge is 2.28. The van der Waals surface area contributed by atoms with Gasteiger partial charge >= 0.3 is 0 Å². The summed E-state index contributed by atoms with van der Waals surface area (Å²) in [6.45, 7) is 3.02. The predicted octanol–water partition coefficient (Wildman–Crippen LogP) is 1.89. The smallest absolute Gasteiger partial charge is 0.224 e. The Labute approximate surface area is 102 Å². The van der Waals surface area contributed by atoms with Crippen LogP contribution in [0.2, 0.25) is 0 Å². The fourth-order valence-corrected chi connectivity index (χ4v) is 1.85. The van der Waals surface area contributed by atoms with Gasteiger partial charge in [0, 0.05) is 25.9 Å². The molecule has 2 N–H and O–H groups in total. The van der Waals surface area contributed by atoms with Gasteiger partial charge in [-0.25, -0.2) is 4.98 Å². The molecule has 1 heterocycles. The summed E-state index contributed by atoms with van der Waals surface area (Å²) in [5.41, 5.74) is 0. The maximum atomic E-state index is 5.25. The van der Waals surface area contributed by atoms with Crippen LogP contribution in [-0.4, -0.2) is 35.8 Å². The number of anilines is 2. The van der Waals surface area contributed by atoms with Gasteiger partial charge in [-0.05, 0) is 25.3 Å². The lowest BCUT2D eigenvalue weighted by atomic mass is 9.89. The quantitative estimate of drug-likeness (QED) is 0.790. The average Bonchev–Trinajstić information content (AvgIpc) is 2.31. The van der Waals surface area contributed by atoms with Crippen LogP contribution >= 0.6 is 0 Å². The number of aromatic nitrogens is 2. The van der Waals surface area contributed by atoms with E-state index in [2.05, 4.69) is 27.5 Å². The zero-order chi connectivity index (χ0) is 12.1.